The second kappa shape index (κ2) is 15.5. The van der Waals surface area contributed by atoms with Crippen molar-refractivity contribution in [3.63, 3.8) is 0 Å². The lowest BCUT2D eigenvalue weighted by Crippen LogP contribution is -2.14. The summed E-state index contributed by atoms with van der Waals surface area (Å²) >= 11 is 0. The molecule has 0 bridgehead atoms. The van der Waals surface area contributed by atoms with Crippen LogP contribution in [0.15, 0.2) is 218 Å². The van der Waals surface area contributed by atoms with Gasteiger partial charge in [0.25, 0.3) is 0 Å². The van der Waals surface area contributed by atoms with Gasteiger partial charge in [-0.05, 0) is 67.8 Å². The first kappa shape index (κ1) is 38.3. The lowest BCUT2D eigenvalue weighted by Gasteiger charge is -2.22. The van der Waals surface area contributed by atoms with Crippen molar-refractivity contribution < 1.29 is 0 Å². The fourth-order valence-electron chi connectivity index (χ4n) is 9.76. The molecule has 1 aliphatic carbocycles. The number of hydrogen-bond donors (Lipinski definition) is 0. The van der Waals surface area contributed by atoms with E-state index in [9.17, 15) is 0 Å². The van der Waals surface area contributed by atoms with Crippen molar-refractivity contribution in [2.24, 2.45) is 0 Å². The predicted molar refractivity (Wildman–Crippen MR) is 268 cm³/mol. The maximum atomic E-state index is 5.15. The van der Waals surface area contributed by atoms with Crippen LogP contribution in [0.1, 0.15) is 25.0 Å². The molecule has 2 aromatic heterocycles. The second-order valence-corrected chi connectivity index (χ2v) is 17.4. The number of benzene rings is 9. The van der Waals surface area contributed by atoms with Crippen molar-refractivity contribution in [1.29, 1.82) is 0 Å². The van der Waals surface area contributed by atoms with Gasteiger partial charge in [-0.25, -0.2) is 19.9 Å². The number of hydrogen-bond acceptors (Lipinski definition) is 4. The molecule has 0 unspecified atom stereocenters. The first-order valence-corrected chi connectivity index (χ1v) is 22.2. The molecule has 0 amide bonds. The Labute approximate surface area is 378 Å². The Hall–Kier alpha value is -8.34. The van der Waals surface area contributed by atoms with Gasteiger partial charge in [-0.2, -0.15) is 0 Å². The Balaban J connectivity index is 0.858. The van der Waals surface area contributed by atoms with Crippen LogP contribution in [-0.4, -0.2) is 19.9 Å². The van der Waals surface area contributed by atoms with Gasteiger partial charge in [-0.3, -0.25) is 0 Å². The van der Waals surface area contributed by atoms with Gasteiger partial charge in [-0.15, -0.1) is 0 Å². The van der Waals surface area contributed by atoms with Crippen LogP contribution in [0.25, 0.3) is 112 Å². The first-order chi connectivity index (χ1) is 32.0. The van der Waals surface area contributed by atoms with Crippen LogP contribution in [-0.2, 0) is 5.41 Å². The number of rotatable bonds is 7. The monoisotopic (exact) mass is 830 g/mol. The van der Waals surface area contributed by atoms with Crippen molar-refractivity contribution in [3.05, 3.63) is 230 Å². The van der Waals surface area contributed by atoms with E-state index in [-0.39, 0.29) is 5.41 Å². The van der Waals surface area contributed by atoms with Gasteiger partial charge in [-0.1, -0.05) is 220 Å². The summed E-state index contributed by atoms with van der Waals surface area (Å²) in [5.74, 6) is 1.91. The number of fused-ring (bicyclic) bond motifs is 6. The van der Waals surface area contributed by atoms with E-state index >= 15 is 0 Å². The zero-order chi connectivity index (χ0) is 43.5. The van der Waals surface area contributed by atoms with Gasteiger partial charge in [0, 0.05) is 43.8 Å². The quantitative estimate of drug-likeness (QED) is 0.150. The topological polar surface area (TPSA) is 51.6 Å². The van der Waals surface area contributed by atoms with E-state index in [4.69, 9.17) is 19.9 Å². The Bertz CT molecular complexity index is 3580. The van der Waals surface area contributed by atoms with Gasteiger partial charge in [0.15, 0.2) is 17.5 Å². The molecule has 0 saturated carbocycles. The molecule has 2 heterocycles. The lowest BCUT2D eigenvalue weighted by atomic mass is 9.81. The molecule has 0 N–H and O–H groups in total. The second-order valence-electron chi connectivity index (χ2n) is 17.4. The van der Waals surface area contributed by atoms with Crippen LogP contribution < -0.4 is 0 Å². The third-order valence-electron chi connectivity index (χ3n) is 13.2. The number of aromatic nitrogens is 4. The normalized spacial score (nSPS) is 12.6. The maximum absolute atomic E-state index is 5.15. The van der Waals surface area contributed by atoms with E-state index in [1.807, 2.05) is 36.4 Å². The van der Waals surface area contributed by atoms with Gasteiger partial charge in [0.1, 0.15) is 0 Å². The molecule has 11 aromatic rings. The number of nitrogens with zero attached hydrogens (tertiary/aromatic N) is 4. The van der Waals surface area contributed by atoms with E-state index in [0.29, 0.717) is 17.5 Å². The van der Waals surface area contributed by atoms with Crippen molar-refractivity contribution in [1.82, 2.24) is 19.9 Å². The largest absolute Gasteiger partial charge is 0.247 e. The summed E-state index contributed by atoms with van der Waals surface area (Å²) in [5.41, 5.74) is 18.2. The van der Waals surface area contributed by atoms with Crippen molar-refractivity contribution in [3.8, 4) is 89.9 Å². The smallest absolute Gasteiger partial charge is 0.164 e. The number of pyridine rings is 1. The zero-order valence-electron chi connectivity index (χ0n) is 36.1. The van der Waals surface area contributed by atoms with Gasteiger partial charge >= 0.3 is 0 Å². The molecule has 0 aliphatic heterocycles. The molecule has 1 aliphatic rings. The standard InChI is InChI=1S/C61H42N4/c1-61(2)53-22-11-9-18-49(53)50-37-36-47(38-54(50)61)41-28-34-46(35-29-41)60-64-58(44-16-7-4-8-17-44)63-59(65-60)45-32-26-40(27-33-45)39-24-30-42(31-25-39)48-20-13-21-52-56(48)51-19-10-12-23-55(51)62-57(52)43-14-5-3-6-15-43/h3-38H,1-2H3. The highest BCUT2D eigenvalue weighted by molar-refractivity contribution is 6.17. The third-order valence-corrected chi connectivity index (χ3v) is 13.2. The summed E-state index contributed by atoms with van der Waals surface area (Å²) in [6.07, 6.45) is 0. The molecule has 12 rings (SSSR count). The van der Waals surface area contributed by atoms with Crippen LogP contribution in [0.5, 0.6) is 0 Å². The predicted octanol–water partition coefficient (Wildman–Crippen LogP) is 15.5. The molecule has 0 saturated heterocycles. The minimum atomic E-state index is -0.0551. The highest BCUT2D eigenvalue weighted by Gasteiger charge is 2.35. The van der Waals surface area contributed by atoms with Crippen LogP contribution >= 0.6 is 0 Å². The molecule has 0 fully saturated rings. The van der Waals surface area contributed by atoms with Crippen molar-refractivity contribution in [2.75, 3.05) is 0 Å². The maximum Gasteiger partial charge on any atom is 0.164 e. The Kier molecular flexibility index (Phi) is 9.13. The van der Waals surface area contributed by atoms with Gasteiger partial charge < -0.3 is 0 Å². The van der Waals surface area contributed by atoms with Crippen LogP contribution in [0.3, 0.4) is 0 Å². The van der Waals surface area contributed by atoms with E-state index in [1.165, 1.54) is 38.8 Å². The molecule has 0 radical (unpaired) electrons. The highest BCUT2D eigenvalue weighted by Crippen LogP contribution is 2.49. The molecule has 4 nitrogen and oxygen atoms in total. The summed E-state index contributed by atoms with van der Waals surface area (Å²) in [7, 11) is 0. The molecule has 9 aromatic carbocycles. The fourth-order valence-corrected chi connectivity index (χ4v) is 9.76. The van der Waals surface area contributed by atoms with Crippen LogP contribution in [0.4, 0.5) is 0 Å². The molecule has 0 atom stereocenters. The van der Waals surface area contributed by atoms with E-state index in [1.54, 1.807) is 0 Å². The molecule has 4 heteroatoms. The summed E-state index contributed by atoms with van der Waals surface area (Å²) in [4.78, 5) is 20.3. The van der Waals surface area contributed by atoms with Gasteiger partial charge in [0.05, 0.1) is 11.2 Å². The zero-order valence-corrected chi connectivity index (χ0v) is 36.1. The summed E-state index contributed by atoms with van der Waals surface area (Å²) in [5, 5.41) is 3.51. The van der Waals surface area contributed by atoms with Crippen LogP contribution in [0, 0.1) is 0 Å². The first-order valence-electron chi connectivity index (χ1n) is 22.2. The third kappa shape index (κ3) is 6.70. The molecule has 0 spiro atoms. The minimum Gasteiger partial charge on any atom is -0.247 e. The minimum absolute atomic E-state index is 0.0551. The summed E-state index contributed by atoms with van der Waals surface area (Å²) < 4.78 is 0. The lowest BCUT2D eigenvalue weighted by molar-refractivity contribution is 0.660. The average Bonchev–Trinajstić information content (AvgIpc) is 3.61. The molecule has 306 valence electrons. The van der Waals surface area contributed by atoms with Crippen molar-refractivity contribution in [2.45, 2.75) is 19.3 Å². The molecular formula is C61H42N4. The Morgan fingerprint density at radius 1 is 0.292 bits per heavy atom. The molecular weight excluding hydrogens is 789 g/mol. The number of para-hydroxylation sites is 1. The fraction of sp³-hybridized carbons (Fsp3) is 0.0492. The van der Waals surface area contributed by atoms with E-state index < -0.39 is 0 Å². The Morgan fingerprint density at radius 2 is 0.738 bits per heavy atom. The SMILES string of the molecule is CC1(C)c2ccccc2-c2ccc(-c3ccc(-c4nc(-c5ccccc5)nc(-c5ccc(-c6ccc(-c7cccc8c(-c9ccccc9)nc9ccccc9c78)cc6)cc5)n4)cc3)cc21. The van der Waals surface area contributed by atoms with Crippen molar-refractivity contribution >= 4 is 21.7 Å². The highest BCUT2D eigenvalue weighted by atomic mass is 15.0. The summed E-state index contributed by atoms with van der Waals surface area (Å²) in [6, 6.07) is 77.4. The molecule has 65 heavy (non-hydrogen) atoms. The Morgan fingerprint density at radius 3 is 1.38 bits per heavy atom. The van der Waals surface area contributed by atoms with E-state index in [0.717, 1.165) is 66.5 Å². The van der Waals surface area contributed by atoms with E-state index in [2.05, 4.69) is 196 Å². The summed E-state index contributed by atoms with van der Waals surface area (Å²) in [6.45, 7) is 4.65. The van der Waals surface area contributed by atoms with Gasteiger partial charge in [0.2, 0.25) is 0 Å². The van der Waals surface area contributed by atoms with Crippen LogP contribution in [0.2, 0.25) is 0 Å². The average molecular weight is 831 g/mol.